The molecule has 5 heteroatoms. The van der Waals surface area contributed by atoms with E-state index in [1.165, 1.54) is 0 Å². The van der Waals surface area contributed by atoms with Crippen LogP contribution in [0, 0.1) is 18.8 Å². The summed E-state index contributed by atoms with van der Waals surface area (Å²) >= 11 is 0. The first-order valence-electron chi connectivity index (χ1n) is 8.95. The molecule has 130 valence electrons. The number of nitrogens with one attached hydrogen (secondary N) is 1. The van der Waals surface area contributed by atoms with E-state index in [9.17, 15) is 14.7 Å². The van der Waals surface area contributed by atoms with Crippen LogP contribution in [0.3, 0.4) is 0 Å². The highest BCUT2D eigenvalue weighted by Crippen LogP contribution is 2.34. The second-order valence-electron chi connectivity index (χ2n) is 7.04. The lowest BCUT2D eigenvalue weighted by Crippen LogP contribution is -2.42. The van der Waals surface area contributed by atoms with Crippen molar-refractivity contribution in [1.29, 1.82) is 0 Å². The summed E-state index contributed by atoms with van der Waals surface area (Å²) in [5.74, 6) is -0.461. The molecule has 2 atom stereocenters. The maximum absolute atomic E-state index is 12.8. The van der Waals surface area contributed by atoms with Crippen LogP contribution in [0.4, 0.5) is 5.69 Å². The molecule has 5 nitrogen and oxygen atoms in total. The maximum atomic E-state index is 12.8. The summed E-state index contributed by atoms with van der Waals surface area (Å²) in [4.78, 5) is 27.5. The number of phenols is 1. The minimum atomic E-state index is -0.299. The van der Waals surface area contributed by atoms with Crippen LogP contribution in [0.1, 0.15) is 44.1 Å². The van der Waals surface area contributed by atoms with Gasteiger partial charge >= 0.3 is 0 Å². The van der Waals surface area contributed by atoms with Gasteiger partial charge in [0.05, 0.1) is 5.69 Å². The molecule has 2 aliphatic rings. The second kappa shape index (κ2) is 7.24. The molecular formula is C19H26N2O3. The number of benzene rings is 1. The molecule has 1 aliphatic carbocycles. The van der Waals surface area contributed by atoms with Gasteiger partial charge in [0.1, 0.15) is 5.75 Å². The molecule has 1 aromatic rings. The Bertz CT molecular complexity index is 623. The number of hydrogen-bond acceptors (Lipinski definition) is 3. The summed E-state index contributed by atoms with van der Waals surface area (Å²) < 4.78 is 0. The zero-order valence-corrected chi connectivity index (χ0v) is 14.3. The number of rotatable bonds is 3. The lowest BCUT2D eigenvalue weighted by atomic mass is 9.77. The predicted octanol–water partition coefficient (Wildman–Crippen LogP) is 3.07. The fraction of sp³-hybridized carbons (Fsp3) is 0.579. The molecule has 0 bridgehead atoms. The Morgan fingerprint density at radius 1 is 1.08 bits per heavy atom. The van der Waals surface area contributed by atoms with Gasteiger partial charge in [-0.3, -0.25) is 9.59 Å². The van der Waals surface area contributed by atoms with E-state index in [0.29, 0.717) is 5.69 Å². The van der Waals surface area contributed by atoms with Gasteiger partial charge < -0.3 is 15.3 Å². The zero-order chi connectivity index (χ0) is 17.1. The van der Waals surface area contributed by atoms with E-state index in [2.05, 4.69) is 5.32 Å². The Morgan fingerprint density at radius 3 is 2.46 bits per heavy atom. The second-order valence-corrected chi connectivity index (χ2v) is 7.04. The summed E-state index contributed by atoms with van der Waals surface area (Å²) in [6.07, 6.45) is 5.63. The molecule has 0 spiro atoms. The molecule has 2 fully saturated rings. The van der Waals surface area contributed by atoms with Crippen molar-refractivity contribution in [2.24, 2.45) is 11.8 Å². The van der Waals surface area contributed by atoms with Crippen LogP contribution in [0.2, 0.25) is 0 Å². The van der Waals surface area contributed by atoms with Gasteiger partial charge in [-0.05, 0) is 50.3 Å². The molecule has 0 aromatic heterocycles. The number of hydrogen-bond donors (Lipinski definition) is 2. The summed E-state index contributed by atoms with van der Waals surface area (Å²) in [6, 6.07) is 5.14. The van der Waals surface area contributed by atoms with Crippen molar-refractivity contribution >= 4 is 17.5 Å². The fourth-order valence-corrected chi connectivity index (χ4v) is 3.89. The smallest absolute Gasteiger partial charge is 0.228 e. The monoisotopic (exact) mass is 330 g/mol. The topological polar surface area (TPSA) is 69.6 Å². The average molecular weight is 330 g/mol. The largest absolute Gasteiger partial charge is 0.506 e. The first kappa shape index (κ1) is 16.8. The molecule has 1 aliphatic heterocycles. The van der Waals surface area contributed by atoms with Crippen LogP contribution in [-0.4, -0.2) is 34.9 Å². The number of amides is 2. The number of likely N-dealkylation sites (tertiary alicyclic amines) is 1. The van der Waals surface area contributed by atoms with Crippen molar-refractivity contribution in [3.05, 3.63) is 23.8 Å². The molecule has 2 N–H and O–H groups in total. The molecule has 0 radical (unpaired) electrons. The van der Waals surface area contributed by atoms with E-state index in [4.69, 9.17) is 0 Å². The summed E-state index contributed by atoms with van der Waals surface area (Å²) in [5.41, 5.74) is 1.40. The van der Waals surface area contributed by atoms with Gasteiger partial charge in [0.25, 0.3) is 0 Å². The van der Waals surface area contributed by atoms with E-state index < -0.39 is 0 Å². The van der Waals surface area contributed by atoms with Gasteiger partial charge in [0, 0.05) is 24.9 Å². The predicted molar refractivity (Wildman–Crippen MR) is 92.7 cm³/mol. The van der Waals surface area contributed by atoms with Crippen LogP contribution in [0.25, 0.3) is 0 Å². The van der Waals surface area contributed by atoms with Gasteiger partial charge in [-0.15, -0.1) is 0 Å². The number of aryl methyl sites for hydroxylation is 1. The highest BCUT2D eigenvalue weighted by Gasteiger charge is 2.38. The summed E-state index contributed by atoms with van der Waals surface area (Å²) in [6.45, 7) is 3.56. The van der Waals surface area contributed by atoms with Crippen molar-refractivity contribution < 1.29 is 14.7 Å². The van der Waals surface area contributed by atoms with E-state index in [1.54, 1.807) is 18.2 Å². The molecule has 1 aromatic carbocycles. The van der Waals surface area contributed by atoms with Crippen LogP contribution >= 0.6 is 0 Å². The maximum Gasteiger partial charge on any atom is 0.228 e. The van der Waals surface area contributed by atoms with Gasteiger partial charge in [0.15, 0.2) is 0 Å². The quantitative estimate of drug-likeness (QED) is 0.837. The third kappa shape index (κ3) is 3.55. The third-order valence-corrected chi connectivity index (χ3v) is 5.25. The SMILES string of the molecule is Cc1ccc(O)c(NC(=O)C2CCCCC2C(=O)N2CCCC2)c1. The molecule has 1 saturated carbocycles. The fourth-order valence-electron chi connectivity index (χ4n) is 3.89. The van der Waals surface area contributed by atoms with Gasteiger partial charge in [0.2, 0.25) is 11.8 Å². The van der Waals surface area contributed by atoms with Crippen molar-refractivity contribution in [1.82, 2.24) is 4.90 Å². The lowest BCUT2D eigenvalue weighted by Gasteiger charge is -2.32. The number of carbonyl (C=O) groups is 2. The van der Waals surface area contributed by atoms with Gasteiger partial charge in [-0.2, -0.15) is 0 Å². The normalized spacial score (nSPS) is 24.0. The molecular weight excluding hydrogens is 304 g/mol. The third-order valence-electron chi connectivity index (χ3n) is 5.25. The Labute approximate surface area is 143 Å². The van der Waals surface area contributed by atoms with E-state index in [-0.39, 0.29) is 29.4 Å². The van der Waals surface area contributed by atoms with E-state index >= 15 is 0 Å². The number of carbonyl (C=O) groups excluding carboxylic acids is 2. The average Bonchev–Trinajstić information content (AvgIpc) is 3.12. The van der Waals surface area contributed by atoms with Gasteiger partial charge in [-0.25, -0.2) is 0 Å². The lowest BCUT2D eigenvalue weighted by molar-refractivity contribution is -0.141. The number of nitrogens with zero attached hydrogens (tertiary/aromatic N) is 1. The van der Waals surface area contributed by atoms with Gasteiger partial charge in [-0.1, -0.05) is 18.9 Å². The number of aromatic hydroxyl groups is 1. The van der Waals surface area contributed by atoms with E-state index in [1.807, 2.05) is 11.8 Å². The minimum Gasteiger partial charge on any atom is -0.506 e. The standard InChI is InChI=1S/C19H26N2O3/c1-13-8-9-17(22)16(12-13)20-18(23)14-6-2-3-7-15(14)19(24)21-10-4-5-11-21/h8-9,12,14-15,22H,2-7,10-11H2,1H3,(H,20,23). The highest BCUT2D eigenvalue weighted by molar-refractivity contribution is 5.97. The minimum absolute atomic E-state index is 0.0622. The van der Waals surface area contributed by atoms with Crippen LogP contribution in [0.5, 0.6) is 5.75 Å². The number of phenolic OH excluding ortho intramolecular Hbond substituents is 1. The Hall–Kier alpha value is -2.04. The zero-order valence-electron chi connectivity index (χ0n) is 14.3. The molecule has 2 unspecified atom stereocenters. The van der Waals surface area contributed by atoms with Crippen LogP contribution in [-0.2, 0) is 9.59 Å². The van der Waals surface area contributed by atoms with E-state index in [0.717, 1.165) is 57.2 Å². The van der Waals surface area contributed by atoms with Crippen molar-refractivity contribution in [3.63, 3.8) is 0 Å². The summed E-state index contributed by atoms with van der Waals surface area (Å²) in [7, 11) is 0. The van der Waals surface area contributed by atoms with Crippen molar-refractivity contribution in [2.45, 2.75) is 45.4 Å². The molecule has 1 heterocycles. The molecule has 24 heavy (non-hydrogen) atoms. The first-order valence-corrected chi connectivity index (χ1v) is 8.95. The Kier molecular flexibility index (Phi) is 5.07. The highest BCUT2D eigenvalue weighted by atomic mass is 16.3. The van der Waals surface area contributed by atoms with Crippen molar-refractivity contribution in [3.8, 4) is 5.75 Å². The Balaban J connectivity index is 1.73. The van der Waals surface area contributed by atoms with Crippen LogP contribution in [0.15, 0.2) is 18.2 Å². The summed E-state index contributed by atoms with van der Waals surface area (Å²) in [5, 5.41) is 12.8. The van der Waals surface area contributed by atoms with Crippen molar-refractivity contribution in [2.75, 3.05) is 18.4 Å². The van der Waals surface area contributed by atoms with Crippen LogP contribution < -0.4 is 5.32 Å². The number of anilines is 1. The Morgan fingerprint density at radius 2 is 1.75 bits per heavy atom. The molecule has 3 rings (SSSR count). The first-order chi connectivity index (χ1) is 11.6. The molecule has 1 saturated heterocycles. The molecule has 2 amide bonds.